The van der Waals surface area contributed by atoms with Gasteiger partial charge in [-0.05, 0) is 42.0 Å². The maximum atomic E-state index is 13.4. The van der Waals surface area contributed by atoms with Crippen LogP contribution in [0.2, 0.25) is 0 Å². The summed E-state index contributed by atoms with van der Waals surface area (Å²) in [5.74, 6) is -1.19. The van der Waals surface area contributed by atoms with Gasteiger partial charge in [-0.3, -0.25) is 14.4 Å². The number of imide groups is 1. The zero-order valence-corrected chi connectivity index (χ0v) is 16.9. The molecule has 0 aromatic heterocycles. The van der Waals surface area contributed by atoms with Crippen molar-refractivity contribution in [3.05, 3.63) is 95.0 Å². The molecule has 0 radical (unpaired) electrons. The SMILES string of the molecule is O=C1[C@H]2[C@H](ON(c3ccccc3)[C@H]2c2ccccc2)C(=O)N1c1ccc(Br)cc1. The van der Waals surface area contributed by atoms with Crippen LogP contribution in [-0.4, -0.2) is 17.9 Å². The summed E-state index contributed by atoms with van der Waals surface area (Å²) in [6.45, 7) is 0. The highest BCUT2D eigenvalue weighted by Crippen LogP contribution is 2.47. The third kappa shape index (κ3) is 2.96. The first-order valence-electron chi connectivity index (χ1n) is 9.34. The number of carbonyl (C=O) groups excluding carboxylic acids is 2. The molecule has 144 valence electrons. The van der Waals surface area contributed by atoms with Gasteiger partial charge in [-0.1, -0.05) is 64.5 Å². The Morgan fingerprint density at radius 2 is 1.34 bits per heavy atom. The van der Waals surface area contributed by atoms with E-state index in [2.05, 4.69) is 15.9 Å². The monoisotopic (exact) mass is 448 g/mol. The summed E-state index contributed by atoms with van der Waals surface area (Å²) < 4.78 is 0.884. The summed E-state index contributed by atoms with van der Waals surface area (Å²) in [5, 5.41) is 1.71. The van der Waals surface area contributed by atoms with Gasteiger partial charge in [-0.15, -0.1) is 0 Å². The summed E-state index contributed by atoms with van der Waals surface area (Å²) >= 11 is 3.39. The molecule has 29 heavy (non-hydrogen) atoms. The average molecular weight is 449 g/mol. The number of fused-ring (bicyclic) bond motifs is 1. The number of hydrogen-bond donors (Lipinski definition) is 0. The van der Waals surface area contributed by atoms with Crippen molar-refractivity contribution >= 4 is 39.1 Å². The molecule has 0 N–H and O–H groups in total. The van der Waals surface area contributed by atoms with Crippen molar-refractivity contribution in [3.63, 3.8) is 0 Å². The van der Waals surface area contributed by atoms with Crippen molar-refractivity contribution in [2.75, 3.05) is 9.96 Å². The van der Waals surface area contributed by atoms with Crippen molar-refractivity contribution in [2.45, 2.75) is 12.1 Å². The minimum absolute atomic E-state index is 0.241. The van der Waals surface area contributed by atoms with Crippen LogP contribution in [0.5, 0.6) is 0 Å². The molecule has 0 spiro atoms. The Hall–Kier alpha value is -2.96. The maximum Gasteiger partial charge on any atom is 0.266 e. The molecule has 5 rings (SSSR count). The highest BCUT2D eigenvalue weighted by atomic mass is 79.9. The molecular formula is C23H17BrN2O3. The van der Waals surface area contributed by atoms with Gasteiger partial charge < -0.3 is 0 Å². The largest absolute Gasteiger partial charge is 0.273 e. The van der Waals surface area contributed by atoms with Crippen LogP contribution in [0.4, 0.5) is 11.4 Å². The molecule has 5 nitrogen and oxygen atoms in total. The van der Waals surface area contributed by atoms with Crippen LogP contribution in [0.15, 0.2) is 89.4 Å². The quantitative estimate of drug-likeness (QED) is 0.553. The average Bonchev–Trinajstić information content (AvgIpc) is 3.27. The minimum atomic E-state index is -0.850. The van der Waals surface area contributed by atoms with Gasteiger partial charge >= 0.3 is 0 Å². The Labute approximate surface area is 176 Å². The third-order valence-corrected chi connectivity index (χ3v) is 5.88. The molecular weight excluding hydrogens is 432 g/mol. The van der Waals surface area contributed by atoms with Crippen molar-refractivity contribution in [3.8, 4) is 0 Å². The fraction of sp³-hybridized carbons (Fsp3) is 0.130. The van der Waals surface area contributed by atoms with E-state index in [-0.39, 0.29) is 17.9 Å². The van der Waals surface area contributed by atoms with Gasteiger partial charge in [0.2, 0.25) is 5.91 Å². The highest BCUT2D eigenvalue weighted by molar-refractivity contribution is 9.10. The number of nitrogens with zero attached hydrogens (tertiary/aromatic N) is 2. The predicted molar refractivity (Wildman–Crippen MR) is 113 cm³/mol. The number of carbonyl (C=O) groups is 2. The van der Waals surface area contributed by atoms with E-state index in [0.29, 0.717) is 5.69 Å². The summed E-state index contributed by atoms with van der Waals surface area (Å²) in [5.41, 5.74) is 2.30. The van der Waals surface area contributed by atoms with Crippen molar-refractivity contribution in [2.24, 2.45) is 5.92 Å². The van der Waals surface area contributed by atoms with Crippen LogP contribution in [-0.2, 0) is 14.4 Å². The van der Waals surface area contributed by atoms with Crippen LogP contribution in [0.3, 0.4) is 0 Å². The number of hydrogen-bond acceptors (Lipinski definition) is 4. The second kappa shape index (κ2) is 7.13. The molecule has 2 saturated heterocycles. The first-order chi connectivity index (χ1) is 14.1. The van der Waals surface area contributed by atoms with E-state index in [1.54, 1.807) is 17.2 Å². The molecule has 0 bridgehead atoms. The first kappa shape index (κ1) is 18.1. The molecule has 3 aromatic carbocycles. The molecule has 3 aromatic rings. The van der Waals surface area contributed by atoms with Gasteiger partial charge in [0, 0.05) is 4.47 Å². The minimum Gasteiger partial charge on any atom is -0.273 e. The van der Waals surface area contributed by atoms with E-state index in [9.17, 15) is 9.59 Å². The summed E-state index contributed by atoms with van der Waals surface area (Å²) in [4.78, 5) is 34.0. The van der Waals surface area contributed by atoms with E-state index >= 15 is 0 Å². The van der Waals surface area contributed by atoms with E-state index in [4.69, 9.17) is 4.84 Å². The Morgan fingerprint density at radius 3 is 2.00 bits per heavy atom. The number of halogens is 1. The lowest BCUT2D eigenvalue weighted by atomic mass is 9.90. The van der Waals surface area contributed by atoms with E-state index < -0.39 is 12.0 Å². The number of rotatable bonds is 3. The fourth-order valence-electron chi connectivity index (χ4n) is 4.05. The van der Waals surface area contributed by atoms with Gasteiger partial charge in [-0.25, -0.2) is 9.96 Å². The molecule has 3 atom stereocenters. The smallest absolute Gasteiger partial charge is 0.266 e. The molecule has 0 aliphatic carbocycles. The molecule has 6 heteroatoms. The third-order valence-electron chi connectivity index (χ3n) is 5.35. The second-order valence-electron chi connectivity index (χ2n) is 7.06. The lowest BCUT2D eigenvalue weighted by molar-refractivity contribution is -0.126. The predicted octanol–water partition coefficient (Wildman–Crippen LogP) is 4.50. The number of benzene rings is 3. The Balaban J connectivity index is 1.58. The lowest BCUT2D eigenvalue weighted by Gasteiger charge is -2.28. The molecule has 0 unspecified atom stereocenters. The van der Waals surface area contributed by atoms with Crippen molar-refractivity contribution in [1.82, 2.24) is 0 Å². The molecule has 2 amide bonds. The first-order valence-corrected chi connectivity index (χ1v) is 10.1. The summed E-state index contributed by atoms with van der Waals surface area (Å²) in [7, 11) is 0. The normalized spacial score (nSPS) is 23.6. The van der Waals surface area contributed by atoms with Gasteiger partial charge in [0.15, 0.2) is 6.10 Å². The number of amides is 2. The van der Waals surface area contributed by atoms with Crippen LogP contribution >= 0.6 is 15.9 Å². The summed E-state index contributed by atoms with van der Waals surface area (Å²) in [6.07, 6.45) is -0.850. The molecule has 2 aliphatic rings. The number of anilines is 2. The Bertz CT molecular complexity index is 1060. The summed E-state index contributed by atoms with van der Waals surface area (Å²) in [6, 6.07) is 26.0. The van der Waals surface area contributed by atoms with Crippen LogP contribution in [0, 0.1) is 5.92 Å². The standard InChI is InChI=1S/C23H17BrN2O3/c24-16-11-13-17(14-12-16)25-22(27)19-20(15-7-3-1-4-8-15)26(29-21(19)23(25)28)18-9-5-2-6-10-18/h1-14,19-21H/t19-,20+,21+/m1/s1. The van der Waals surface area contributed by atoms with E-state index in [1.807, 2.05) is 72.8 Å². The number of para-hydroxylation sites is 1. The highest BCUT2D eigenvalue weighted by Gasteiger charge is 2.60. The van der Waals surface area contributed by atoms with E-state index in [0.717, 1.165) is 15.7 Å². The maximum absolute atomic E-state index is 13.4. The molecule has 2 fully saturated rings. The van der Waals surface area contributed by atoms with Gasteiger partial charge in [-0.2, -0.15) is 0 Å². The van der Waals surface area contributed by atoms with Crippen LogP contribution < -0.4 is 9.96 Å². The van der Waals surface area contributed by atoms with E-state index in [1.165, 1.54) is 4.90 Å². The van der Waals surface area contributed by atoms with Crippen LogP contribution in [0.25, 0.3) is 0 Å². The second-order valence-corrected chi connectivity index (χ2v) is 7.97. The van der Waals surface area contributed by atoms with Gasteiger partial charge in [0.25, 0.3) is 5.91 Å². The topological polar surface area (TPSA) is 49.9 Å². The Kier molecular flexibility index (Phi) is 4.45. The lowest BCUT2D eigenvalue weighted by Crippen LogP contribution is -2.37. The van der Waals surface area contributed by atoms with Crippen molar-refractivity contribution in [1.29, 1.82) is 0 Å². The molecule has 2 aliphatic heterocycles. The van der Waals surface area contributed by atoms with Gasteiger partial charge in [0.05, 0.1) is 17.4 Å². The number of hydroxylamine groups is 1. The fourth-order valence-corrected chi connectivity index (χ4v) is 4.31. The zero-order valence-electron chi connectivity index (χ0n) is 15.3. The Morgan fingerprint density at radius 1 is 0.724 bits per heavy atom. The van der Waals surface area contributed by atoms with Crippen molar-refractivity contribution < 1.29 is 14.4 Å². The molecule has 0 saturated carbocycles. The zero-order chi connectivity index (χ0) is 20.0. The van der Waals surface area contributed by atoms with Gasteiger partial charge in [0.1, 0.15) is 5.92 Å². The molecule has 2 heterocycles. The van der Waals surface area contributed by atoms with Crippen LogP contribution in [0.1, 0.15) is 11.6 Å².